The van der Waals surface area contributed by atoms with Crippen molar-refractivity contribution < 1.29 is 4.39 Å². The minimum Gasteiger partial charge on any atom is -0.251 e. The molecular formula is C7H15FS. The zero-order valence-electron chi connectivity index (χ0n) is 6.03. The Morgan fingerprint density at radius 3 is 2.33 bits per heavy atom. The maximum absolute atomic E-state index is 11.5. The summed E-state index contributed by atoms with van der Waals surface area (Å²) in [7, 11) is 0. The fourth-order valence-electron chi connectivity index (χ4n) is 0.694. The van der Waals surface area contributed by atoms with Crippen LogP contribution in [0.1, 0.15) is 25.7 Å². The summed E-state index contributed by atoms with van der Waals surface area (Å²) in [4.78, 5) is 0. The van der Waals surface area contributed by atoms with Crippen molar-refractivity contribution in [2.75, 3.05) is 18.7 Å². The Balaban J connectivity index is 2.60. The highest BCUT2D eigenvalue weighted by molar-refractivity contribution is 7.98. The molecule has 0 aliphatic heterocycles. The normalized spacial score (nSPS) is 10.0. The summed E-state index contributed by atoms with van der Waals surface area (Å²) in [5, 5.41) is 0. The molecular weight excluding hydrogens is 135 g/mol. The minimum absolute atomic E-state index is 0.140. The lowest BCUT2D eigenvalue weighted by atomic mass is 10.2. The lowest BCUT2D eigenvalue weighted by Gasteiger charge is -1.95. The Morgan fingerprint density at radius 1 is 1.11 bits per heavy atom. The summed E-state index contributed by atoms with van der Waals surface area (Å²) in [6.45, 7) is -0.140. The van der Waals surface area contributed by atoms with Crippen LogP contribution in [0.25, 0.3) is 0 Å². The molecule has 0 N–H and O–H groups in total. The Kier molecular flexibility index (Phi) is 8.54. The molecule has 0 heterocycles. The van der Waals surface area contributed by atoms with E-state index in [-0.39, 0.29) is 6.67 Å². The smallest absolute Gasteiger partial charge is 0.0894 e. The van der Waals surface area contributed by atoms with Crippen molar-refractivity contribution in [2.24, 2.45) is 0 Å². The average molecular weight is 150 g/mol. The zero-order valence-corrected chi connectivity index (χ0v) is 6.85. The van der Waals surface area contributed by atoms with Gasteiger partial charge in [-0.15, -0.1) is 0 Å². The quantitative estimate of drug-likeness (QED) is 0.525. The van der Waals surface area contributed by atoms with E-state index in [1.807, 2.05) is 11.8 Å². The molecule has 0 rings (SSSR count). The van der Waals surface area contributed by atoms with Crippen LogP contribution in [-0.4, -0.2) is 18.7 Å². The molecule has 9 heavy (non-hydrogen) atoms. The Morgan fingerprint density at radius 2 is 1.78 bits per heavy atom. The molecule has 0 spiro atoms. The van der Waals surface area contributed by atoms with Gasteiger partial charge in [-0.1, -0.05) is 12.8 Å². The van der Waals surface area contributed by atoms with Crippen LogP contribution in [0.2, 0.25) is 0 Å². The first-order valence-electron chi connectivity index (χ1n) is 3.46. The minimum atomic E-state index is -0.140. The number of rotatable bonds is 6. The van der Waals surface area contributed by atoms with E-state index in [0.717, 1.165) is 12.8 Å². The van der Waals surface area contributed by atoms with Gasteiger partial charge in [0.1, 0.15) is 0 Å². The van der Waals surface area contributed by atoms with Crippen LogP contribution in [0.3, 0.4) is 0 Å². The van der Waals surface area contributed by atoms with E-state index in [0.29, 0.717) is 0 Å². The van der Waals surface area contributed by atoms with Gasteiger partial charge in [0.2, 0.25) is 0 Å². The topological polar surface area (TPSA) is 0 Å². The third kappa shape index (κ3) is 8.28. The van der Waals surface area contributed by atoms with Gasteiger partial charge in [-0.25, -0.2) is 0 Å². The van der Waals surface area contributed by atoms with Gasteiger partial charge in [0.15, 0.2) is 0 Å². The molecule has 0 aliphatic rings. The second-order valence-electron chi connectivity index (χ2n) is 2.10. The predicted molar refractivity (Wildman–Crippen MR) is 42.8 cm³/mol. The maximum atomic E-state index is 11.5. The van der Waals surface area contributed by atoms with Crippen molar-refractivity contribution in [1.29, 1.82) is 0 Å². The number of thioether (sulfide) groups is 1. The highest BCUT2D eigenvalue weighted by Crippen LogP contribution is 2.04. The van der Waals surface area contributed by atoms with Gasteiger partial charge in [0, 0.05) is 0 Å². The van der Waals surface area contributed by atoms with E-state index >= 15 is 0 Å². The first-order chi connectivity index (χ1) is 4.41. The average Bonchev–Trinajstić information content (AvgIpc) is 1.89. The number of unbranched alkanes of at least 4 members (excludes halogenated alkanes) is 3. The first-order valence-corrected chi connectivity index (χ1v) is 4.86. The molecule has 0 aliphatic carbocycles. The second kappa shape index (κ2) is 8.28. The fraction of sp³-hybridized carbons (Fsp3) is 1.00. The van der Waals surface area contributed by atoms with Gasteiger partial charge in [0.05, 0.1) is 6.67 Å². The third-order valence-electron chi connectivity index (χ3n) is 1.23. The molecule has 0 fully saturated rings. The Labute approximate surface area is 61.2 Å². The fourth-order valence-corrected chi connectivity index (χ4v) is 1.19. The van der Waals surface area contributed by atoms with Crippen molar-refractivity contribution >= 4 is 11.8 Å². The van der Waals surface area contributed by atoms with Crippen LogP contribution in [-0.2, 0) is 0 Å². The molecule has 0 atom stereocenters. The molecule has 0 bridgehead atoms. The lowest BCUT2D eigenvalue weighted by molar-refractivity contribution is 0.455. The number of alkyl halides is 1. The molecule has 0 saturated heterocycles. The third-order valence-corrected chi connectivity index (χ3v) is 1.93. The maximum Gasteiger partial charge on any atom is 0.0894 e. The van der Waals surface area contributed by atoms with Crippen LogP contribution in [0.5, 0.6) is 0 Å². The monoisotopic (exact) mass is 150 g/mol. The van der Waals surface area contributed by atoms with Gasteiger partial charge >= 0.3 is 0 Å². The van der Waals surface area contributed by atoms with Gasteiger partial charge in [-0.2, -0.15) is 11.8 Å². The zero-order chi connectivity index (χ0) is 6.95. The van der Waals surface area contributed by atoms with E-state index in [1.54, 1.807) is 0 Å². The van der Waals surface area contributed by atoms with Crippen molar-refractivity contribution in [3.8, 4) is 0 Å². The molecule has 0 aromatic carbocycles. The largest absolute Gasteiger partial charge is 0.251 e. The van der Waals surface area contributed by atoms with E-state index < -0.39 is 0 Å². The summed E-state index contributed by atoms with van der Waals surface area (Å²) < 4.78 is 11.5. The Bertz CT molecular complexity index is 42.2. The lowest BCUT2D eigenvalue weighted by Crippen LogP contribution is -1.81. The van der Waals surface area contributed by atoms with Crippen LogP contribution >= 0.6 is 11.8 Å². The molecule has 0 saturated carbocycles. The van der Waals surface area contributed by atoms with Crippen molar-refractivity contribution in [3.63, 3.8) is 0 Å². The van der Waals surface area contributed by atoms with Crippen molar-refractivity contribution in [3.05, 3.63) is 0 Å². The van der Waals surface area contributed by atoms with Gasteiger partial charge in [-0.3, -0.25) is 4.39 Å². The van der Waals surface area contributed by atoms with Gasteiger partial charge < -0.3 is 0 Å². The molecule has 0 amide bonds. The van der Waals surface area contributed by atoms with Crippen LogP contribution < -0.4 is 0 Å². The molecule has 56 valence electrons. The number of hydrogen-bond donors (Lipinski definition) is 0. The summed E-state index contributed by atoms with van der Waals surface area (Å²) >= 11 is 1.87. The van der Waals surface area contributed by atoms with E-state index in [2.05, 4.69) is 6.26 Å². The Hall–Kier alpha value is 0.280. The molecule has 2 heteroatoms. The van der Waals surface area contributed by atoms with Crippen molar-refractivity contribution in [1.82, 2.24) is 0 Å². The molecule has 0 radical (unpaired) electrons. The first kappa shape index (κ1) is 9.28. The predicted octanol–water partition coefficient (Wildman–Crippen LogP) is 2.88. The SMILES string of the molecule is CSCCCCCCF. The summed E-state index contributed by atoms with van der Waals surface area (Å²) in [6, 6.07) is 0. The van der Waals surface area contributed by atoms with Crippen molar-refractivity contribution in [2.45, 2.75) is 25.7 Å². The molecule has 0 aromatic rings. The van der Waals surface area contributed by atoms with Gasteiger partial charge in [-0.05, 0) is 24.9 Å². The van der Waals surface area contributed by atoms with E-state index in [4.69, 9.17) is 0 Å². The molecule has 0 nitrogen and oxygen atoms in total. The van der Waals surface area contributed by atoms with Gasteiger partial charge in [0.25, 0.3) is 0 Å². The van der Waals surface area contributed by atoms with Crippen LogP contribution in [0, 0.1) is 0 Å². The van der Waals surface area contributed by atoms with E-state index in [1.165, 1.54) is 18.6 Å². The molecule has 0 unspecified atom stereocenters. The van der Waals surface area contributed by atoms with Crippen LogP contribution in [0.15, 0.2) is 0 Å². The number of halogens is 1. The highest BCUT2D eigenvalue weighted by atomic mass is 32.2. The summed E-state index contributed by atoms with van der Waals surface area (Å²) in [5.74, 6) is 1.23. The van der Waals surface area contributed by atoms with E-state index in [9.17, 15) is 4.39 Å². The highest BCUT2D eigenvalue weighted by Gasteiger charge is 1.87. The second-order valence-corrected chi connectivity index (χ2v) is 3.08. The summed E-state index contributed by atoms with van der Waals surface area (Å²) in [6.07, 6.45) is 6.38. The summed E-state index contributed by atoms with van der Waals surface area (Å²) in [5.41, 5.74) is 0. The number of hydrogen-bond acceptors (Lipinski definition) is 1. The standard InChI is InChI=1S/C7H15FS/c1-9-7-5-3-2-4-6-8/h2-7H2,1H3. The molecule has 0 aromatic heterocycles. The van der Waals surface area contributed by atoms with Crippen LogP contribution in [0.4, 0.5) is 4.39 Å².